The number of carbonyl (C=O) groups excluding carboxylic acids is 1. The minimum absolute atomic E-state index is 0.240. The Balaban J connectivity index is 1.49. The second-order valence-electron chi connectivity index (χ2n) is 6.71. The van der Waals surface area contributed by atoms with Crippen LogP contribution in [0.15, 0.2) is 84.0 Å². The molecule has 6 nitrogen and oxygen atoms in total. The van der Waals surface area contributed by atoms with Crippen LogP contribution in [-0.2, 0) is 4.79 Å². The predicted octanol–water partition coefficient (Wildman–Crippen LogP) is 4.21. The van der Waals surface area contributed by atoms with Crippen molar-refractivity contribution >= 4 is 34.5 Å². The lowest BCUT2D eigenvalue weighted by Crippen LogP contribution is -2.42. The Kier molecular flexibility index (Phi) is 5.81. The molecule has 1 amide bonds. The van der Waals surface area contributed by atoms with E-state index < -0.39 is 17.9 Å². The normalized spacial score (nSPS) is 11.9. The third-order valence-corrected chi connectivity index (χ3v) is 5.74. The van der Waals surface area contributed by atoms with Gasteiger partial charge in [-0.2, -0.15) is 0 Å². The number of amides is 1. The first-order valence-corrected chi connectivity index (χ1v) is 10.3. The maximum Gasteiger partial charge on any atom is 0.327 e. The molecule has 0 saturated heterocycles. The van der Waals surface area contributed by atoms with Gasteiger partial charge in [-0.15, -0.1) is 11.8 Å². The van der Waals surface area contributed by atoms with Crippen LogP contribution < -0.4 is 5.32 Å². The van der Waals surface area contributed by atoms with E-state index in [9.17, 15) is 14.7 Å². The standard InChI is InChI=1S/C23H19N3O3S/c27-22(26-21(23(28)29)14-30-18-4-2-1-3-5-18)16-6-7-19-17(12-16)13-20(25-19)15-8-10-24-11-9-15/h1-13,21,25H,14H2,(H,26,27)(H,28,29)/t21-/m0/s1. The van der Waals surface area contributed by atoms with Crippen molar-refractivity contribution in [1.29, 1.82) is 0 Å². The summed E-state index contributed by atoms with van der Waals surface area (Å²) in [6, 6.07) is 19.5. The highest BCUT2D eigenvalue weighted by molar-refractivity contribution is 7.99. The fraction of sp³-hybridized carbons (Fsp3) is 0.0870. The fourth-order valence-electron chi connectivity index (χ4n) is 3.07. The van der Waals surface area contributed by atoms with Crippen LogP contribution in [0, 0.1) is 0 Å². The lowest BCUT2D eigenvalue weighted by atomic mass is 10.1. The molecule has 150 valence electrons. The first-order valence-electron chi connectivity index (χ1n) is 9.35. The molecule has 2 heterocycles. The number of hydrogen-bond acceptors (Lipinski definition) is 4. The predicted molar refractivity (Wildman–Crippen MR) is 118 cm³/mol. The summed E-state index contributed by atoms with van der Waals surface area (Å²) in [4.78, 5) is 32.6. The number of H-pyrrole nitrogens is 1. The summed E-state index contributed by atoms with van der Waals surface area (Å²) in [5, 5.41) is 13.0. The molecule has 1 atom stereocenters. The van der Waals surface area contributed by atoms with Crippen LogP contribution in [-0.4, -0.2) is 38.7 Å². The molecular formula is C23H19N3O3S. The molecule has 0 aliphatic heterocycles. The zero-order valence-corrected chi connectivity index (χ0v) is 16.7. The number of benzene rings is 2. The van der Waals surface area contributed by atoms with E-state index in [1.807, 2.05) is 54.6 Å². The molecular weight excluding hydrogens is 398 g/mol. The number of rotatable bonds is 7. The van der Waals surface area contributed by atoms with E-state index >= 15 is 0 Å². The summed E-state index contributed by atoms with van der Waals surface area (Å²) in [6.45, 7) is 0. The van der Waals surface area contributed by atoms with Gasteiger partial charge in [-0.25, -0.2) is 4.79 Å². The minimum Gasteiger partial charge on any atom is -0.480 e. The molecule has 4 rings (SSSR count). The maximum absolute atomic E-state index is 12.7. The molecule has 0 bridgehead atoms. The van der Waals surface area contributed by atoms with Crippen LogP contribution in [0.1, 0.15) is 10.4 Å². The summed E-state index contributed by atoms with van der Waals surface area (Å²) in [5.74, 6) is -1.23. The van der Waals surface area contributed by atoms with Crippen molar-refractivity contribution < 1.29 is 14.7 Å². The Morgan fingerprint density at radius 3 is 2.53 bits per heavy atom. The van der Waals surface area contributed by atoms with Crippen LogP contribution >= 0.6 is 11.8 Å². The number of aromatic nitrogens is 2. The van der Waals surface area contributed by atoms with Crippen molar-refractivity contribution in [3.63, 3.8) is 0 Å². The molecule has 0 spiro atoms. The van der Waals surface area contributed by atoms with E-state index in [0.717, 1.165) is 27.1 Å². The number of aromatic amines is 1. The van der Waals surface area contributed by atoms with E-state index in [2.05, 4.69) is 15.3 Å². The maximum atomic E-state index is 12.7. The highest BCUT2D eigenvalue weighted by Crippen LogP contribution is 2.24. The smallest absolute Gasteiger partial charge is 0.327 e. The van der Waals surface area contributed by atoms with E-state index in [1.165, 1.54) is 11.8 Å². The molecule has 7 heteroatoms. The van der Waals surface area contributed by atoms with E-state index in [0.29, 0.717) is 5.56 Å². The van der Waals surface area contributed by atoms with Gasteiger partial charge in [0.1, 0.15) is 6.04 Å². The van der Waals surface area contributed by atoms with Gasteiger partial charge < -0.3 is 15.4 Å². The Morgan fingerprint density at radius 1 is 1.03 bits per heavy atom. The number of hydrogen-bond donors (Lipinski definition) is 3. The number of aliphatic carboxylic acids is 1. The van der Waals surface area contributed by atoms with Gasteiger partial charge in [0.05, 0.1) is 0 Å². The van der Waals surface area contributed by atoms with E-state index in [-0.39, 0.29) is 5.75 Å². The summed E-state index contributed by atoms with van der Waals surface area (Å²) in [5.41, 5.74) is 3.23. The van der Waals surface area contributed by atoms with Crippen molar-refractivity contribution in [3.05, 3.63) is 84.7 Å². The van der Waals surface area contributed by atoms with Crippen molar-refractivity contribution in [1.82, 2.24) is 15.3 Å². The molecule has 0 aliphatic rings. The summed E-state index contributed by atoms with van der Waals surface area (Å²) in [6.07, 6.45) is 3.44. The van der Waals surface area contributed by atoms with Crippen molar-refractivity contribution in [2.75, 3.05) is 5.75 Å². The van der Waals surface area contributed by atoms with Crippen LogP contribution in [0.3, 0.4) is 0 Å². The largest absolute Gasteiger partial charge is 0.480 e. The van der Waals surface area contributed by atoms with Gasteiger partial charge in [0.2, 0.25) is 0 Å². The molecule has 0 radical (unpaired) electrons. The minimum atomic E-state index is -1.06. The molecule has 0 saturated carbocycles. The molecule has 0 unspecified atom stereocenters. The summed E-state index contributed by atoms with van der Waals surface area (Å²) < 4.78 is 0. The number of carboxylic acids is 1. The third kappa shape index (κ3) is 4.52. The van der Waals surface area contributed by atoms with Gasteiger partial charge in [-0.3, -0.25) is 9.78 Å². The average Bonchev–Trinajstić information content (AvgIpc) is 3.21. The highest BCUT2D eigenvalue weighted by Gasteiger charge is 2.21. The second kappa shape index (κ2) is 8.84. The van der Waals surface area contributed by atoms with Gasteiger partial charge in [0, 0.05) is 50.8 Å². The number of thioether (sulfide) groups is 1. The third-order valence-electron chi connectivity index (χ3n) is 4.64. The van der Waals surface area contributed by atoms with Gasteiger partial charge in [-0.1, -0.05) is 18.2 Å². The van der Waals surface area contributed by atoms with Crippen molar-refractivity contribution in [2.24, 2.45) is 0 Å². The molecule has 2 aromatic carbocycles. The van der Waals surface area contributed by atoms with Crippen LogP contribution in [0.2, 0.25) is 0 Å². The quantitative estimate of drug-likeness (QED) is 0.392. The molecule has 0 fully saturated rings. The van der Waals surface area contributed by atoms with Crippen LogP contribution in [0.5, 0.6) is 0 Å². The van der Waals surface area contributed by atoms with Crippen molar-refractivity contribution in [2.45, 2.75) is 10.9 Å². The van der Waals surface area contributed by atoms with Gasteiger partial charge in [-0.05, 0) is 48.5 Å². The molecule has 2 aromatic heterocycles. The second-order valence-corrected chi connectivity index (χ2v) is 7.80. The molecule has 0 aliphatic carbocycles. The Hall–Kier alpha value is -3.58. The highest BCUT2D eigenvalue weighted by atomic mass is 32.2. The van der Waals surface area contributed by atoms with E-state index in [1.54, 1.807) is 24.5 Å². The summed E-state index contributed by atoms with van der Waals surface area (Å²) >= 11 is 1.39. The van der Waals surface area contributed by atoms with E-state index in [4.69, 9.17) is 0 Å². The first kappa shape index (κ1) is 19.7. The molecule has 30 heavy (non-hydrogen) atoms. The number of fused-ring (bicyclic) bond motifs is 1. The fourth-order valence-corrected chi connectivity index (χ4v) is 4.01. The van der Waals surface area contributed by atoms with Gasteiger partial charge in [0.15, 0.2) is 0 Å². The zero-order valence-electron chi connectivity index (χ0n) is 15.9. The number of carbonyl (C=O) groups is 2. The lowest BCUT2D eigenvalue weighted by Gasteiger charge is -2.14. The summed E-state index contributed by atoms with van der Waals surface area (Å²) in [7, 11) is 0. The number of nitrogens with zero attached hydrogens (tertiary/aromatic N) is 1. The monoisotopic (exact) mass is 417 g/mol. The number of carboxylic acid groups (broad SMARTS) is 1. The Morgan fingerprint density at radius 2 is 1.80 bits per heavy atom. The molecule has 3 N–H and O–H groups in total. The van der Waals surface area contributed by atoms with Gasteiger partial charge >= 0.3 is 5.97 Å². The zero-order chi connectivity index (χ0) is 20.9. The number of pyridine rings is 1. The Labute approximate surface area is 177 Å². The SMILES string of the molecule is O=C(N[C@@H](CSc1ccccc1)C(=O)O)c1ccc2[nH]c(-c3ccncc3)cc2c1. The Bertz CT molecular complexity index is 1180. The van der Waals surface area contributed by atoms with Crippen molar-refractivity contribution in [3.8, 4) is 11.3 Å². The van der Waals surface area contributed by atoms with Crippen LogP contribution in [0.25, 0.3) is 22.2 Å². The number of nitrogens with one attached hydrogen (secondary N) is 2. The topological polar surface area (TPSA) is 95.1 Å². The van der Waals surface area contributed by atoms with Crippen LogP contribution in [0.4, 0.5) is 0 Å². The first-order chi connectivity index (χ1) is 14.6. The lowest BCUT2D eigenvalue weighted by molar-refractivity contribution is -0.138. The van der Waals surface area contributed by atoms with Gasteiger partial charge in [0.25, 0.3) is 5.91 Å². The molecule has 4 aromatic rings. The average molecular weight is 417 g/mol.